The zero-order valence-electron chi connectivity index (χ0n) is 14.4. The number of thiophene rings is 1. The highest BCUT2D eigenvalue weighted by molar-refractivity contribution is 7.07. The van der Waals surface area contributed by atoms with Gasteiger partial charge < -0.3 is 10.2 Å². The summed E-state index contributed by atoms with van der Waals surface area (Å²) in [6.45, 7) is 2.61. The van der Waals surface area contributed by atoms with E-state index < -0.39 is 4.92 Å². The molecule has 1 spiro atoms. The number of hydrogen-bond donors (Lipinski definition) is 1. The molecule has 1 unspecified atom stereocenters. The van der Waals surface area contributed by atoms with Crippen LogP contribution in [-0.2, 0) is 6.54 Å². The largest absolute Gasteiger partial charge is 0.331 e. The Morgan fingerprint density at radius 1 is 1.27 bits per heavy atom. The van der Waals surface area contributed by atoms with E-state index in [4.69, 9.17) is 0 Å². The third kappa shape index (κ3) is 3.24. The van der Waals surface area contributed by atoms with E-state index in [0.717, 1.165) is 37.9 Å². The number of hydrogen-bond acceptors (Lipinski definition) is 5. The van der Waals surface area contributed by atoms with E-state index in [9.17, 15) is 14.9 Å². The first-order valence-electron chi connectivity index (χ1n) is 8.86. The predicted molar refractivity (Wildman–Crippen MR) is 100 cm³/mol. The van der Waals surface area contributed by atoms with Gasteiger partial charge in [-0.05, 0) is 72.3 Å². The Hall–Kier alpha value is -2.25. The van der Waals surface area contributed by atoms with Crippen molar-refractivity contribution >= 4 is 22.9 Å². The lowest BCUT2D eigenvalue weighted by molar-refractivity contribution is -0.384. The standard InChI is InChI=1S/C19H21N3O3S/c23-18(15-1-3-16(4-2-15)22(24)25)21(12-14-5-10-26-13-14)17-11-19(17)6-8-20-9-7-19/h1-5,10,13,17,20H,6-9,11-12H2. The van der Waals surface area contributed by atoms with Crippen molar-refractivity contribution in [2.24, 2.45) is 5.41 Å². The Balaban J connectivity index is 1.58. The summed E-state index contributed by atoms with van der Waals surface area (Å²) in [5, 5.41) is 18.4. The van der Waals surface area contributed by atoms with Gasteiger partial charge in [-0.25, -0.2) is 0 Å². The van der Waals surface area contributed by atoms with Crippen molar-refractivity contribution in [1.82, 2.24) is 10.2 Å². The quantitative estimate of drug-likeness (QED) is 0.645. The van der Waals surface area contributed by atoms with Crippen molar-refractivity contribution in [3.8, 4) is 0 Å². The number of carbonyl (C=O) groups is 1. The Bertz CT molecular complexity index is 798. The number of nitrogens with zero attached hydrogens (tertiary/aromatic N) is 2. The van der Waals surface area contributed by atoms with E-state index in [2.05, 4.69) is 16.8 Å². The van der Waals surface area contributed by atoms with Gasteiger partial charge in [0.15, 0.2) is 0 Å². The number of nitro groups is 1. The Morgan fingerprint density at radius 2 is 2.00 bits per heavy atom. The Morgan fingerprint density at radius 3 is 2.62 bits per heavy atom. The minimum Gasteiger partial charge on any atom is -0.331 e. The van der Waals surface area contributed by atoms with Crippen LogP contribution in [0, 0.1) is 15.5 Å². The molecule has 1 aromatic carbocycles. The lowest BCUT2D eigenvalue weighted by Gasteiger charge is -2.29. The second kappa shape index (κ2) is 6.81. The molecule has 4 rings (SSSR count). The first-order valence-corrected chi connectivity index (χ1v) is 9.81. The maximum absolute atomic E-state index is 13.2. The summed E-state index contributed by atoms with van der Waals surface area (Å²) in [4.78, 5) is 25.6. The molecule has 26 heavy (non-hydrogen) atoms. The number of piperidine rings is 1. The van der Waals surface area contributed by atoms with Gasteiger partial charge in [-0.2, -0.15) is 11.3 Å². The molecule has 1 aliphatic heterocycles. The number of non-ortho nitro benzene ring substituents is 1. The van der Waals surface area contributed by atoms with Crippen LogP contribution in [0.3, 0.4) is 0 Å². The molecule has 6 nitrogen and oxygen atoms in total. The average molecular weight is 371 g/mol. The molecule has 1 saturated heterocycles. The van der Waals surface area contributed by atoms with Gasteiger partial charge in [-0.15, -0.1) is 0 Å². The lowest BCUT2D eigenvalue weighted by atomic mass is 9.93. The smallest absolute Gasteiger partial charge is 0.269 e. The molecular weight excluding hydrogens is 350 g/mol. The summed E-state index contributed by atoms with van der Waals surface area (Å²) in [5.74, 6) is -0.0356. The minimum atomic E-state index is -0.442. The maximum Gasteiger partial charge on any atom is 0.269 e. The van der Waals surface area contributed by atoms with Gasteiger partial charge in [0.05, 0.1) is 4.92 Å². The number of nitro benzene ring substituents is 1. The van der Waals surface area contributed by atoms with Gasteiger partial charge in [0.1, 0.15) is 0 Å². The number of benzene rings is 1. The van der Waals surface area contributed by atoms with Crippen LogP contribution in [0.25, 0.3) is 0 Å². The number of amides is 1. The number of nitrogens with one attached hydrogen (secondary N) is 1. The third-order valence-electron chi connectivity index (χ3n) is 5.64. The second-order valence-corrected chi connectivity index (χ2v) is 7.98. The molecule has 0 bridgehead atoms. The molecule has 136 valence electrons. The fourth-order valence-corrected chi connectivity index (χ4v) is 4.68. The van der Waals surface area contributed by atoms with Crippen molar-refractivity contribution in [1.29, 1.82) is 0 Å². The van der Waals surface area contributed by atoms with E-state index in [0.29, 0.717) is 12.1 Å². The van der Waals surface area contributed by atoms with Crippen LogP contribution < -0.4 is 5.32 Å². The van der Waals surface area contributed by atoms with Crippen molar-refractivity contribution in [2.75, 3.05) is 13.1 Å². The van der Waals surface area contributed by atoms with E-state index in [-0.39, 0.29) is 23.1 Å². The molecule has 2 aromatic rings. The molecular formula is C19H21N3O3S. The van der Waals surface area contributed by atoms with Crippen LogP contribution in [0.15, 0.2) is 41.1 Å². The number of carbonyl (C=O) groups excluding carboxylic acids is 1. The molecule has 0 radical (unpaired) electrons. The molecule has 1 aromatic heterocycles. The first-order chi connectivity index (χ1) is 12.6. The Labute approximate surface area is 156 Å². The second-order valence-electron chi connectivity index (χ2n) is 7.20. The van der Waals surface area contributed by atoms with E-state index in [1.807, 2.05) is 10.3 Å². The normalized spacial score (nSPS) is 20.7. The highest BCUT2D eigenvalue weighted by atomic mass is 32.1. The molecule has 2 heterocycles. The van der Waals surface area contributed by atoms with Crippen molar-refractivity contribution in [2.45, 2.75) is 31.8 Å². The topological polar surface area (TPSA) is 75.5 Å². The molecule has 1 N–H and O–H groups in total. The van der Waals surface area contributed by atoms with Crippen LogP contribution in [0.4, 0.5) is 5.69 Å². The highest BCUT2D eigenvalue weighted by Crippen LogP contribution is 2.56. The zero-order chi connectivity index (χ0) is 18.1. The number of rotatable bonds is 5. The predicted octanol–water partition coefficient (Wildman–Crippen LogP) is 3.44. The van der Waals surface area contributed by atoms with Gasteiger partial charge >= 0.3 is 0 Å². The van der Waals surface area contributed by atoms with Crippen LogP contribution in [0.5, 0.6) is 0 Å². The molecule has 1 amide bonds. The third-order valence-corrected chi connectivity index (χ3v) is 6.37. The molecule has 1 aliphatic carbocycles. The highest BCUT2D eigenvalue weighted by Gasteiger charge is 2.57. The summed E-state index contributed by atoms with van der Waals surface area (Å²) >= 11 is 1.63. The fourth-order valence-electron chi connectivity index (χ4n) is 4.02. The maximum atomic E-state index is 13.2. The summed E-state index contributed by atoms with van der Waals surface area (Å²) in [6, 6.07) is 8.26. The molecule has 2 aliphatic rings. The first kappa shape index (κ1) is 17.2. The van der Waals surface area contributed by atoms with Crippen molar-refractivity contribution < 1.29 is 9.72 Å². The monoisotopic (exact) mass is 371 g/mol. The van der Waals surface area contributed by atoms with Gasteiger partial charge in [0, 0.05) is 30.3 Å². The molecule has 7 heteroatoms. The van der Waals surface area contributed by atoms with Gasteiger partial charge in [-0.1, -0.05) is 0 Å². The van der Waals surface area contributed by atoms with E-state index >= 15 is 0 Å². The minimum absolute atomic E-state index is 0.00665. The summed E-state index contributed by atoms with van der Waals surface area (Å²) in [5.41, 5.74) is 1.91. The fraction of sp³-hybridized carbons (Fsp3) is 0.421. The summed E-state index contributed by atoms with van der Waals surface area (Å²) in [6.07, 6.45) is 3.26. The summed E-state index contributed by atoms with van der Waals surface area (Å²) < 4.78 is 0. The van der Waals surface area contributed by atoms with Crippen LogP contribution in [0.2, 0.25) is 0 Å². The lowest BCUT2D eigenvalue weighted by Crippen LogP contribution is -2.39. The van der Waals surface area contributed by atoms with Crippen molar-refractivity contribution in [3.63, 3.8) is 0 Å². The molecule has 1 atom stereocenters. The molecule has 2 fully saturated rings. The van der Waals surface area contributed by atoms with Gasteiger partial charge in [0.25, 0.3) is 11.6 Å². The van der Waals surface area contributed by atoms with Crippen LogP contribution in [0.1, 0.15) is 35.2 Å². The van der Waals surface area contributed by atoms with E-state index in [1.165, 1.54) is 12.1 Å². The van der Waals surface area contributed by atoms with Crippen molar-refractivity contribution in [3.05, 3.63) is 62.3 Å². The van der Waals surface area contributed by atoms with Gasteiger partial charge in [-0.3, -0.25) is 14.9 Å². The van der Waals surface area contributed by atoms with Gasteiger partial charge in [0.2, 0.25) is 0 Å². The zero-order valence-corrected chi connectivity index (χ0v) is 15.2. The van der Waals surface area contributed by atoms with E-state index in [1.54, 1.807) is 23.5 Å². The average Bonchev–Trinajstić information content (AvgIpc) is 3.08. The summed E-state index contributed by atoms with van der Waals surface area (Å²) in [7, 11) is 0. The Kier molecular flexibility index (Phi) is 4.50. The SMILES string of the molecule is O=C(c1ccc([N+](=O)[O-])cc1)N(Cc1ccsc1)C1CC12CCNCC2. The van der Waals surface area contributed by atoms with Crippen LogP contribution >= 0.6 is 11.3 Å². The van der Waals surface area contributed by atoms with Crippen LogP contribution in [-0.4, -0.2) is 34.9 Å². The molecule has 1 saturated carbocycles.